The second-order valence-electron chi connectivity index (χ2n) is 5.74. The van der Waals surface area contributed by atoms with Crippen molar-refractivity contribution in [3.8, 4) is 0 Å². The van der Waals surface area contributed by atoms with E-state index in [-0.39, 0.29) is 6.61 Å². The summed E-state index contributed by atoms with van der Waals surface area (Å²) >= 11 is 1.67. The minimum Gasteiger partial charge on any atom is -0.395 e. The number of rotatable bonds is 7. The van der Waals surface area contributed by atoms with E-state index >= 15 is 0 Å². The Morgan fingerprint density at radius 1 is 1.40 bits per heavy atom. The zero-order chi connectivity index (χ0) is 13.5. The van der Waals surface area contributed by atoms with Gasteiger partial charge in [-0.2, -0.15) is 0 Å². The fourth-order valence-corrected chi connectivity index (χ4v) is 3.43. The molecule has 2 saturated carbocycles. The van der Waals surface area contributed by atoms with Gasteiger partial charge >= 0.3 is 0 Å². The van der Waals surface area contributed by atoms with Crippen LogP contribution in [0.2, 0.25) is 0 Å². The molecule has 4 rings (SSSR count). The number of aliphatic hydroxyl groups excluding tert-OH is 1. The summed E-state index contributed by atoms with van der Waals surface area (Å²) in [5.41, 5.74) is 1.24. The monoisotopic (exact) mass is 292 g/mol. The van der Waals surface area contributed by atoms with Crippen LogP contribution < -0.4 is 10.2 Å². The first-order chi connectivity index (χ1) is 9.86. The van der Waals surface area contributed by atoms with Gasteiger partial charge in [0.25, 0.3) is 0 Å². The largest absolute Gasteiger partial charge is 0.395 e. The summed E-state index contributed by atoms with van der Waals surface area (Å²) in [5.74, 6) is 1.07. The van der Waals surface area contributed by atoms with Gasteiger partial charge in [-0.05, 0) is 25.7 Å². The van der Waals surface area contributed by atoms with Crippen molar-refractivity contribution < 1.29 is 5.11 Å². The third kappa shape index (κ3) is 2.32. The highest BCUT2D eigenvalue weighted by Gasteiger charge is 2.32. The number of thiazole rings is 1. The van der Waals surface area contributed by atoms with Gasteiger partial charge in [-0.25, -0.2) is 4.98 Å². The zero-order valence-electron chi connectivity index (χ0n) is 11.5. The van der Waals surface area contributed by atoms with Gasteiger partial charge in [0.1, 0.15) is 0 Å². The van der Waals surface area contributed by atoms with E-state index in [1.807, 2.05) is 0 Å². The van der Waals surface area contributed by atoms with Crippen LogP contribution in [0.15, 0.2) is 11.6 Å². The maximum atomic E-state index is 9.33. The number of fused-ring (bicyclic) bond motifs is 1. The lowest BCUT2D eigenvalue weighted by atomic mass is 10.3. The lowest BCUT2D eigenvalue weighted by molar-refractivity contribution is 0.301. The molecule has 0 aliphatic heterocycles. The minimum absolute atomic E-state index is 0.192. The third-order valence-corrected chi connectivity index (χ3v) is 4.83. The fraction of sp³-hybridized carbons (Fsp3) is 0.643. The average molecular weight is 292 g/mol. The van der Waals surface area contributed by atoms with Crippen molar-refractivity contribution in [2.75, 3.05) is 18.1 Å². The zero-order valence-corrected chi connectivity index (χ0v) is 12.3. The van der Waals surface area contributed by atoms with Gasteiger partial charge in [0.2, 0.25) is 0 Å². The van der Waals surface area contributed by atoms with E-state index in [0.29, 0.717) is 18.6 Å². The molecule has 2 heterocycles. The summed E-state index contributed by atoms with van der Waals surface area (Å²) in [4.78, 5) is 8.15. The van der Waals surface area contributed by atoms with Crippen LogP contribution in [0.25, 0.3) is 4.96 Å². The van der Waals surface area contributed by atoms with Crippen LogP contribution in [0.1, 0.15) is 31.4 Å². The second-order valence-corrected chi connectivity index (χ2v) is 6.61. The molecule has 0 unspecified atom stereocenters. The van der Waals surface area contributed by atoms with E-state index < -0.39 is 0 Å². The summed E-state index contributed by atoms with van der Waals surface area (Å²) in [6.07, 6.45) is 7.14. The van der Waals surface area contributed by atoms with E-state index in [0.717, 1.165) is 17.3 Å². The molecule has 0 atom stereocenters. The molecule has 0 saturated heterocycles. The summed E-state index contributed by atoms with van der Waals surface area (Å²) in [7, 11) is 0. The highest BCUT2D eigenvalue weighted by molar-refractivity contribution is 7.15. The molecule has 2 N–H and O–H groups in total. The molecular weight excluding hydrogens is 272 g/mol. The van der Waals surface area contributed by atoms with Crippen molar-refractivity contribution in [3.05, 3.63) is 17.3 Å². The topological polar surface area (TPSA) is 52.8 Å². The minimum atomic E-state index is 0.192. The van der Waals surface area contributed by atoms with E-state index in [1.165, 1.54) is 31.4 Å². The van der Waals surface area contributed by atoms with Crippen molar-refractivity contribution in [1.29, 1.82) is 0 Å². The molecule has 108 valence electrons. The molecule has 2 aliphatic rings. The van der Waals surface area contributed by atoms with Crippen molar-refractivity contribution in [2.45, 2.75) is 44.3 Å². The maximum absolute atomic E-state index is 9.33. The van der Waals surface area contributed by atoms with E-state index in [2.05, 4.69) is 26.2 Å². The molecule has 5 nitrogen and oxygen atoms in total. The van der Waals surface area contributed by atoms with Gasteiger partial charge in [0.15, 0.2) is 10.8 Å². The van der Waals surface area contributed by atoms with E-state index in [9.17, 15) is 5.11 Å². The average Bonchev–Trinajstić information content (AvgIpc) is 3.34. The predicted molar refractivity (Wildman–Crippen MR) is 80.4 cm³/mol. The Morgan fingerprint density at radius 3 is 2.95 bits per heavy atom. The molecule has 0 bridgehead atoms. The van der Waals surface area contributed by atoms with E-state index in [1.54, 1.807) is 11.3 Å². The highest BCUT2D eigenvalue weighted by Crippen LogP contribution is 2.34. The number of hydrogen-bond acceptors (Lipinski definition) is 5. The molecule has 2 aromatic heterocycles. The van der Waals surface area contributed by atoms with Gasteiger partial charge in [0.05, 0.1) is 12.3 Å². The first kappa shape index (κ1) is 12.6. The quantitative estimate of drug-likeness (QED) is 0.814. The van der Waals surface area contributed by atoms with Gasteiger partial charge in [-0.3, -0.25) is 4.40 Å². The van der Waals surface area contributed by atoms with Gasteiger partial charge < -0.3 is 15.3 Å². The number of hydrogen-bond donors (Lipinski definition) is 2. The van der Waals surface area contributed by atoms with Crippen molar-refractivity contribution in [1.82, 2.24) is 14.7 Å². The van der Waals surface area contributed by atoms with Gasteiger partial charge in [-0.15, -0.1) is 11.3 Å². The third-order valence-electron chi connectivity index (χ3n) is 4.08. The number of aromatic nitrogens is 2. The molecule has 0 spiro atoms. The molecule has 0 amide bonds. The number of anilines is 1. The van der Waals surface area contributed by atoms with Crippen LogP contribution in [-0.4, -0.2) is 39.7 Å². The summed E-state index contributed by atoms with van der Waals surface area (Å²) in [5, 5.41) is 15.0. The SMILES string of the molecule is OCCN(c1nc2sccn2c1CNC1CC1)C1CC1. The maximum Gasteiger partial charge on any atom is 0.195 e. The highest BCUT2D eigenvalue weighted by atomic mass is 32.1. The Hall–Kier alpha value is -1.11. The standard InChI is InChI=1S/C14H20N4OS/c19-7-5-17(11-3-4-11)13-12(9-15-10-1-2-10)18-6-8-20-14(18)16-13/h6,8,10-11,15,19H,1-5,7,9H2. The van der Waals surface area contributed by atoms with Crippen LogP contribution >= 0.6 is 11.3 Å². The summed E-state index contributed by atoms with van der Waals surface area (Å²) in [6, 6.07) is 1.27. The fourth-order valence-electron chi connectivity index (χ4n) is 2.70. The number of aliphatic hydroxyl groups is 1. The first-order valence-corrected chi connectivity index (χ1v) is 8.30. The molecule has 20 heavy (non-hydrogen) atoms. The Labute approximate surface area is 122 Å². The Morgan fingerprint density at radius 2 is 2.25 bits per heavy atom. The lowest BCUT2D eigenvalue weighted by Gasteiger charge is -2.22. The molecule has 6 heteroatoms. The molecular formula is C14H20N4OS. The molecule has 2 aromatic rings. The number of imidazole rings is 1. The predicted octanol–water partition coefficient (Wildman–Crippen LogP) is 1.61. The summed E-state index contributed by atoms with van der Waals surface area (Å²) in [6.45, 7) is 1.75. The summed E-state index contributed by atoms with van der Waals surface area (Å²) < 4.78 is 2.20. The molecule has 0 aromatic carbocycles. The first-order valence-electron chi connectivity index (χ1n) is 7.42. The van der Waals surface area contributed by atoms with Crippen LogP contribution in [0.4, 0.5) is 5.82 Å². The van der Waals surface area contributed by atoms with Gasteiger partial charge in [-0.1, -0.05) is 0 Å². The van der Waals surface area contributed by atoms with Crippen LogP contribution in [0.3, 0.4) is 0 Å². The van der Waals surface area contributed by atoms with Crippen LogP contribution in [0.5, 0.6) is 0 Å². The Kier molecular flexibility index (Phi) is 3.17. The normalized spacial score (nSPS) is 18.9. The second kappa shape index (κ2) is 5.02. The molecule has 2 fully saturated rings. The van der Waals surface area contributed by atoms with Crippen molar-refractivity contribution >= 4 is 22.1 Å². The van der Waals surface area contributed by atoms with Crippen LogP contribution in [-0.2, 0) is 6.54 Å². The Bertz CT molecular complexity index is 599. The molecule has 2 aliphatic carbocycles. The van der Waals surface area contributed by atoms with Crippen molar-refractivity contribution in [2.24, 2.45) is 0 Å². The lowest BCUT2D eigenvalue weighted by Crippen LogP contribution is -2.31. The van der Waals surface area contributed by atoms with Gasteiger partial charge in [0, 0.05) is 36.8 Å². The number of nitrogens with zero attached hydrogens (tertiary/aromatic N) is 3. The Balaban J connectivity index is 1.67. The smallest absolute Gasteiger partial charge is 0.195 e. The van der Waals surface area contributed by atoms with E-state index in [4.69, 9.17) is 4.98 Å². The van der Waals surface area contributed by atoms with Crippen LogP contribution in [0, 0.1) is 0 Å². The number of nitrogens with one attached hydrogen (secondary N) is 1. The molecule has 0 radical (unpaired) electrons. The van der Waals surface area contributed by atoms with Crippen molar-refractivity contribution in [3.63, 3.8) is 0 Å².